The first-order valence-electron chi connectivity index (χ1n) is 6.87. The van der Waals surface area contributed by atoms with E-state index in [0.717, 1.165) is 40.9 Å². The van der Waals surface area contributed by atoms with Crippen LogP contribution in [0.3, 0.4) is 0 Å². The molecule has 0 bridgehead atoms. The fourth-order valence-electron chi connectivity index (χ4n) is 2.81. The lowest BCUT2D eigenvalue weighted by atomic mass is 10.1. The molecule has 108 valence electrons. The molecule has 20 heavy (non-hydrogen) atoms. The Morgan fingerprint density at radius 2 is 2.30 bits per heavy atom. The number of pyridine rings is 1. The lowest BCUT2D eigenvalue weighted by Crippen LogP contribution is -2.23. The third kappa shape index (κ3) is 2.47. The zero-order chi connectivity index (χ0) is 14.3. The number of nitrogens with zero attached hydrogens (tertiary/aromatic N) is 3. The van der Waals surface area contributed by atoms with Crippen molar-refractivity contribution in [2.75, 3.05) is 6.61 Å². The van der Waals surface area contributed by atoms with Gasteiger partial charge in [-0.15, -0.1) is 11.6 Å². The minimum Gasteiger partial charge on any atom is -0.376 e. The number of hydrogen-bond donors (Lipinski definition) is 0. The van der Waals surface area contributed by atoms with Crippen molar-refractivity contribution in [1.29, 1.82) is 0 Å². The molecule has 1 aliphatic rings. The van der Waals surface area contributed by atoms with Crippen LogP contribution in [0.1, 0.15) is 43.9 Å². The molecule has 0 aromatic carbocycles. The summed E-state index contributed by atoms with van der Waals surface area (Å²) in [6, 6.07) is 2.16. The maximum Gasteiger partial charge on any atom is 0.160 e. The second-order valence-electron chi connectivity index (χ2n) is 5.24. The van der Waals surface area contributed by atoms with Crippen LogP contribution in [0.15, 0.2) is 16.7 Å². The molecule has 0 aliphatic carbocycles. The Hall–Kier alpha value is -0.650. The molecule has 6 heteroatoms. The molecule has 1 fully saturated rings. The van der Waals surface area contributed by atoms with Gasteiger partial charge in [0.05, 0.1) is 17.5 Å². The standard InChI is InChI=1S/C14H17BrClN3O/c1-8(16)13-18-11-6-10(15)7-17-14(11)19(13)9(2)12-4-3-5-20-12/h6-9,12H,3-5H2,1-2H3. The average Bonchev–Trinajstić information content (AvgIpc) is 3.04. The minimum absolute atomic E-state index is 0.160. The topological polar surface area (TPSA) is 39.9 Å². The molecule has 0 spiro atoms. The van der Waals surface area contributed by atoms with Gasteiger partial charge in [0.1, 0.15) is 11.3 Å². The summed E-state index contributed by atoms with van der Waals surface area (Å²) in [6.07, 6.45) is 4.21. The molecule has 2 aromatic rings. The number of fused-ring (bicyclic) bond motifs is 1. The van der Waals surface area contributed by atoms with Crippen LogP contribution >= 0.6 is 27.5 Å². The monoisotopic (exact) mass is 357 g/mol. The summed E-state index contributed by atoms with van der Waals surface area (Å²) in [7, 11) is 0. The smallest absolute Gasteiger partial charge is 0.160 e. The number of hydrogen-bond acceptors (Lipinski definition) is 3. The van der Waals surface area contributed by atoms with Crippen LogP contribution in [0.4, 0.5) is 0 Å². The second-order valence-corrected chi connectivity index (χ2v) is 6.81. The Morgan fingerprint density at radius 3 is 2.95 bits per heavy atom. The van der Waals surface area contributed by atoms with E-state index in [4.69, 9.17) is 16.3 Å². The Bertz CT molecular complexity index is 622. The highest BCUT2D eigenvalue weighted by Crippen LogP contribution is 2.32. The van der Waals surface area contributed by atoms with Crippen molar-refractivity contribution in [1.82, 2.24) is 14.5 Å². The summed E-state index contributed by atoms with van der Waals surface area (Å²) < 4.78 is 8.88. The number of halogens is 2. The largest absolute Gasteiger partial charge is 0.376 e. The van der Waals surface area contributed by atoms with E-state index in [2.05, 4.69) is 37.4 Å². The quantitative estimate of drug-likeness (QED) is 0.771. The van der Waals surface area contributed by atoms with Crippen molar-refractivity contribution in [3.8, 4) is 0 Å². The SMILES string of the molecule is CC(Cl)c1nc2cc(Br)cnc2n1C(C)C1CCCO1. The summed E-state index contributed by atoms with van der Waals surface area (Å²) >= 11 is 9.74. The first-order chi connectivity index (χ1) is 9.58. The van der Waals surface area contributed by atoms with Gasteiger partial charge in [0.25, 0.3) is 0 Å². The van der Waals surface area contributed by atoms with Crippen LogP contribution in [0, 0.1) is 0 Å². The molecule has 0 N–H and O–H groups in total. The summed E-state index contributed by atoms with van der Waals surface area (Å²) in [6.45, 7) is 4.94. The van der Waals surface area contributed by atoms with Crippen LogP contribution in [0.2, 0.25) is 0 Å². The Kier molecular flexibility index (Phi) is 4.02. The zero-order valence-corrected chi connectivity index (χ0v) is 13.9. The molecule has 0 amide bonds. The van der Waals surface area contributed by atoms with Crippen LogP contribution in [0.5, 0.6) is 0 Å². The lowest BCUT2D eigenvalue weighted by molar-refractivity contribution is 0.0734. The van der Waals surface area contributed by atoms with Gasteiger partial charge in [-0.25, -0.2) is 9.97 Å². The van der Waals surface area contributed by atoms with Gasteiger partial charge in [-0.1, -0.05) is 0 Å². The highest BCUT2D eigenvalue weighted by molar-refractivity contribution is 9.10. The first kappa shape index (κ1) is 14.3. The predicted octanol–water partition coefficient (Wildman–Crippen LogP) is 4.23. The Labute approximate surface area is 131 Å². The highest BCUT2D eigenvalue weighted by Gasteiger charge is 2.28. The van der Waals surface area contributed by atoms with Crippen LogP contribution < -0.4 is 0 Å². The summed E-state index contributed by atoms with van der Waals surface area (Å²) in [4.78, 5) is 9.16. The maximum absolute atomic E-state index is 6.31. The van der Waals surface area contributed by atoms with Gasteiger partial charge in [-0.2, -0.15) is 0 Å². The molecule has 4 nitrogen and oxygen atoms in total. The fraction of sp³-hybridized carbons (Fsp3) is 0.571. The summed E-state index contributed by atoms with van der Waals surface area (Å²) in [5.41, 5.74) is 1.74. The Balaban J connectivity index is 2.13. The summed E-state index contributed by atoms with van der Waals surface area (Å²) in [5, 5.41) is -0.160. The molecule has 0 radical (unpaired) electrons. The summed E-state index contributed by atoms with van der Waals surface area (Å²) in [5.74, 6) is 0.857. The second kappa shape index (κ2) is 5.62. The van der Waals surface area contributed by atoms with E-state index in [-0.39, 0.29) is 17.5 Å². The van der Waals surface area contributed by atoms with Gasteiger partial charge >= 0.3 is 0 Å². The van der Waals surface area contributed by atoms with Gasteiger partial charge in [0, 0.05) is 17.3 Å². The average molecular weight is 359 g/mol. The fourth-order valence-corrected chi connectivity index (χ4v) is 3.28. The van der Waals surface area contributed by atoms with Gasteiger partial charge in [0.15, 0.2) is 5.65 Å². The molecule has 2 aromatic heterocycles. The van der Waals surface area contributed by atoms with E-state index >= 15 is 0 Å². The molecule has 3 rings (SSSR count). The van der Waals surface area contributed by atoms with Crippen molar-refractivity contribution in [3.05, 3.63) is 22.6 Å². The third-order valence-corrected chi connectivity index (χ3v) is 4.42. The van der Waals surface area contributed by atoms with Crippen LogP contribution in [0.25, 0.3) is 11.2 Å². The van der Waals surface area contributed by atoms with Crippen molar-refractivity contribution >= 4 is 38.7 Å². The van der Waals surface area contributed by atoms with E-state index in [1.54, 1.807) is 6.20 Å². The van der Waals surface area contributed by atoms with Gasteiger partial charge in [-0.3, -0.25) is 0 Å². The van der Waals surface area contributed by atoms with Crippen molar-refractivity contribution in [3.63, 3.8) is 0 Å². The Morgan fingerprint density at radius 1 is 1.50 bits per heavy atom. The third-order valence-electron chi connectivity index (χ3n) is 3.79. The molecular weight excluding hydrogens is 342 g/mol. The van der Waals surface area contributed by atoms with Crippen molar-refractivity contribution in [2.24, 2.45) is 0 Å². The predicted molar refractivity (Wildman–Crippen MR) is 83.2 cm³/mol. The zero-order valence-electron chi connectivity index (χ0n) is 11.5. The number of aromatic nitrogens is 3. The first-order valence-corrected chi connectivity index (χ1v) is 8.10. The van der Waals surface area contributed by atoms with Gasteiger partial charge in [0.2, 0.25) is 0 Å². The number of rotatable bonds is 3. The molecule has 3 heterocycles. The van der Waals surface area contributed by atoms with E-state index < -0.39 is 0 Å². The van der Waals surface area contributed by atoms with Crippen LogP contribution in [-0.2, 0) is 4.74 Å². The van der Waals surface area contributed by atoms with Crippen molar-refractivity contribution in [2.45, 2.75) is 44.2 Å². The maximum atomic E-state index is 6.31. The number of alkyl halides is 1. The normalized spacial score (nSPS) is 22.3. The van der Waals surface area contributed by atoms with E-state index in [1.165, 1.54) is 0 Å². The van der Waals surface area contributed by atoms with Crippen LogP contribution in [-0.4, -0.2) is 27.2 Å². The molecule has 0 saturated carbocycles. The number of ether oxygens (including phenoxy) is 1. The van der Waals surface area contributed by atoms with E-state index in [1.807, 2.05) is 13.0 Å². The molecule has 3 atom stereocenters. The van der Waals surface area contributed by atoms with Gasteiger partial charge < -0.3 is 9.30 Å². The van der Waals surface area contributed by atoms with E-state index in [0.29, 0.717) is 0 Å². The van der Waals surface area contributed by atoms with Gasteiger partial charge in [-0.05, 0) is 48.7 Å². The van der Waals surface area contributed by atoms with Crippen molar-refractivity contribution < 1.29 is 4.74 Å². The molecule has 1 saturated heterocycles. The van der Waals surface area contributed by atoms with E-state index in [9.17, 15) is 0 Å². The molecule has 1 aliphatic heterocycles. The molecular formula is C14H17BrClN3O. The number of imidazole rings is 1. The molecule has 3 unspecified atom stereocenters. The lowest BCUT2D eigenvalue weighted by Gasteiger charge is -2.23. The minimum atomic E-state index is -0.160. The highest BCUT2D eigenvalue weighted by atomic mass is 79.9.